The molecule has 6 nitrogen and oxygen atoms in total. The second-order valence-electron chi connectivity index (χ2n) is 8.56. The SMILES string of the molecule is CCCOc1ccc(C2/C(=C(\O)c3ccc(Cl)cc3)C(=O)C(=O)N2c2nc3ccc(C)cc3s2)cc1. The van der Waals surface area contributed by atoms with E-state index in [-0.39, 0.29) is 11.3 Å². The number of amides is 1. The highest BCUT2D eigenvalue weighted by atomic mass is 35.5. The maximum absolute atomic E-state index is 13.4. The van der Waals surface area contributed by atoms with Gasteiger partial charge in [0.2, 0.25) is 0 Å². The number of aliphatic hydroxyl groups excluding tert-OH is 1. The first-order valence-electron chi connectivity index (χ1n) is 11.5. The van der Waals surface area contributed by atoms with E-state index in [4.69, 9.17) is 16.3 Å². The molecule has 1 aromatic heterocycles. The van der Waals surface area contributed by atoms with Crippen molar-refractivity contribution in [2.75, 3.05) is 11.5 Å². The van der Waals surface area contributed by atoms with E-state index in [0.717, 1.165) is 22.2 Å². The van der Waals surface area contributed by atoms with Crippen LogP contribution in [0.25, 0.3) is 16.0 Å². The molecule has 36 heavy (non-hydrogen) atoms. The van der Waals surface area contributed by atoms with Crippen molar-refractivity contribution in [3.8, 4) is 5.75 Å². The Hall–Kier alpha value is -3.68. The summed E-state index contributed by atoms with van der Waals surface area (Å²) in [6.07, 6.45) is 0.875. The number of halogens is 1. The van der Waals surface area contributed by atoms with E-state index in [1.54, 1.807) is 48.5 Å². The minimum Gasteiger partial charge on any atom is -0.507 e. The molecule has 1 aliphatic heterocycles. The van der Waals surface area contributed by atoms with Crippen LogP contribution in [0.5, 0.6) is 5.75 Å². The van der Waals surface area contributed by atoms with Crippen LogP contribution in [-0.2, 0) is 9.59 Å². The lowest BCUT2D eigenvalue weighted by molar-refractivity contribution is -0.132. The minimum atomic E-state index is -0.859. The summed E-state index contributed by atoms with van der Waals surface area (Å²) in [5.41, 5.74) is 2.86. The van der Waals surface area contributed by atoms with Crippen molar-refractivity contribution in [3.05, 3.63) is 94.0 Å². The molecule has 1 fully saturated rings. The smallest absolute Gasteiger partial charge is 0.301 e. The fourth-order valence-electron chi connectivity index (χ4n) is 4.20. The molecule has 0 bridgehead atoms. The van der Waals surface area contributed by atoms with E-state index in [1.165, 1.54) is 16.2 Å². The van der Waals surface area contributed by atoms with Gasteiger partial charge in [0.1, 0.15) is 11.5 Å². The van der Waals surface area contributed by atoms with Crippen LogP contribution in [0, 0.1) is 6.92 Å². The summed E-state index contributed by atoms with van der Waals surface area (Å²) in [6.45, 7) is 4.59. The number of carbonyl (C=O) groups is 2. The van der Waals surface area contributed by atoms with Crippen LogP contribution in [0.3, 0.4) is 0 Å². The molecule has 1 saturated heterocycles. The second kappa shape index (κ2) is 9.76. The molecule has 8 heteroatoms. The number of aromatic nitrogens is 1. The fraction of sp³-hybridized carbons (Fsp3) is 0.179. The number of Topliss-reactive ketones (excluding diaryl/α,β-unsaturated/α-hetero) is 1. The second-order valence-corrected chi connectivity index (χ2v) is 10.0. The number of ketones is 1. The number of fused-ring (bicyclic) bond motifs is 1. The van der Waals surface area contributed by atoms with Gasteiger partial charge in [0.05, 0.1) is 28.4 Å². The molecule has 1 unspecified atom stereocenters. The summed E-state index contributed by atoms with van der Waals surface area (Å²) < 4.78 is 6.61. The number of benzene rings is 3. The van der Waals surface area contributed by atoms with Crippen molar-refractivity contribution in [1.82, 2.24) is 4.98 Å². The zero-order valence-corrected chi connectivity index (χ0v) is 21.3. The van der Waals surface area contributed by atoms with Crippen molar-refractivity contribution >= 4 is 55.7 Å². The van der Waals surface area contributed by atoms with Gasteiger partial charge in [0.15, 0.2) is 5.13 Å². The summed E-state index contributed by atoms with van der Waals surface area (Å²) in [5.74, 6) is -1.08. The first-order valence-corrected chi connectivity index (χ1v) is 12.7. The lowest BCUT2D eigenvalue weighted by Gasteiger charge is -2.23. The lowest BCUT2D eigenvalue weighted by Crippen LogP contribution is -2.29. The van der Waals surface area contributed by atoms with Gasteiger partial charge in [0, 0.05) is 10.6 Å². The zero-order valence-electron chi connectivity index (χ0n) is 19.7. The molecule has 0 radical (unpaired) electrons. The Morgan fingerprint density at radius 1 is 1.08 bits per heavy atom. The van der Waals surface area contributed by atoms with Crippen LogP contribution in [0.4, 0.5) is 5.13 Å². The van der Waals surface area contributed by atoms with E-state index >= 15 is 0 Å². The Balaban J connectivity index is 1.67. The Morgan fingerprint density at radius 3 is 2.50 bits per heavy atom. The van der Waals surface area contributed by atoms with Gasteiger partial charge in [-0.25, -0.2) is 4.98 Å². The van der Waals surface area contributed by atoms with Crippen molar-refractivity contribution < 1.29 is 19.4 Å². The quantitative estimate of drug-likeness (QED) is 0.175. The number of anilines is 1. The van der Waals surface area contributed by atoms with E-state index < -0.39 is 17.7 Å². The number of rotatable bonds is 6. The van der Waals surface area contributed by atoms with E-state index in [0.29, 0.717) is 33.6 Å². The molecule has 2 heterocycles. The largest absolute Gasteiger partial charge is 0.507 e. The first kappa shape index (κ1) is 24.0. The topological polar surface area (TPSA) is 79.7 Å². The Morgan fingerprint density at radius 2 is 1.81 bits per heavy atom. The predicted octanol–water partition coefficient (Wildman–Crippen LogP) is 6.67. The van der Waals surface area contributed by atoms with Gasteiger partial charge >= 0.3 is 5.91 Å². The standard InChI is InChI=1S/C28H23ClN2O4S/c1-3-14-35-20-11-7-17(8-12-20)24-23(25(32)18-5-9-19(29)10-6-18)26(33)27(34)31(24)28-30-21-13-4-16(2)15-22(21)36-28/h4-13,15,24,32H,3,14H2,1-2H3/b25-23+. The minimum absolute atomic E-state index is 0.0000133. The Bertz CT molecular complexity index is 1490. The zero-order chi connectivity index (χ0) is 25.4. The third kappa shape index (κ3) is 4.36. The van der Waals surface area contributed by atoms with Crippen molar-refractivity contribution in [3.63, 3.8) is 0 Å². The van der Waals surface area contributed by atoms with Crippen LogP contribution in [-0.4, -0.2) is 28.4 Å². The Kier molecular flexibility index (Phi) is 6.51. The summed E-state index contributed by atoms with van der Waals surface area (Å²) >= 11 is 7.34. The van der Waals surface area contributed by atoms with Crippen LogP contribution in [0.2, 0.25) is 5.02 Å². The summed E-state index contributed by atoms with van der Waals surface area (Å²) in [5, 5.41) is 12.1. The molecule has 1 N–H and O–H groups in total. The van der Waals surface area contributed by atoms with Crippen LogP contribution in [0.15, 0.2) is 72.3 Å². The van der Waals surface area contributed by atoms with E-state index in [2.05, 4.69) is 4.98 Å². The molecular formula is C28H23ClN2O4S. The highest BCUT2D eigenvalue weighted by Crippen LogP contribution is 2.44. The molecular weight excluding hydrogens is 496 g/mol. The molecule has 1 aliphatic rings. The van der Waals surface area contributed by atoms with Gasteiger partial charge in [0.25, 0.3) is 5.78 Å². The summed E-state index contributed by atoms with van der Waals surface area (Å²) in [4.78, 5) is 32.8. The predicted molar refractivity (Wildman–Crippen MR) is 143 cm³/mol. The number of nitrogens with zero attached hydrogens (tertiary/aromatic N) is 2. The number of carbonyl (C=O) groups excluding carboxylic acids is 2. The van der Waals surface area contributed by atoms with Gasteiger partial charge in [-0.3, -0.25) is 14.5 Å². The van der Waals surface area contributed by atoms with Gasteiger partial charge in [-0.15, -0.1) is 0 Å². The van der Waals surface area contributed by atoms with Gasteiger partial charge in [-0.2, -0.15) is 0 Å². The van der Waals surface area contributed by atoms with Gasteiger partial charge in [-0.05, 0) is 73.0 Å². The van der Waals surface area contributed by atoms with Gasteiger partial charge in [-0.1, -0.05) is 48.1 Å². The third-order valence-corrected chi connectivity index (χ3v) is 7.24. The lowest BCUT2D eigenvalue weighted by atomic mass is 9.95. The molecule has 4 aromatic rings. The molecule has 3 aromatic carbocycles. The highest BCUT2D eigenvalue weighted by Gasteiger charge is 2.48. The number of hydrogen-bond acceptors (Lipinski definition) is 6. The number of thiazole rings is 1. The Labute approximate surface area is 217 Å². The number of ether oxygens (including phenoxy) is 1. The summed E-state index contributed by atoms with van der Waals surface area (Å²) in [7, 11) is 0. The van der Waals surface area contributed by atoms with Crippen LogP contribution in [0.1, 0.15) is 36.1 Å². The number of aryl methyl sites for hydroxylation is 1. The normalized spacial score (nSPS) is 17.2. The van der Waals surface area contributed by atoms with Crippen molar-refractivity contribution in [2.45, 2.75) is 26.3 Å². The molecule has 0 spiro atoms. The van der Waals surface area contributed by atoms with Crippen molar-refractivity contribution in [2.24, 2.45) is 0 Å². The number of aliphatic hydroxyl groups is 1. The highest BCUT2D eigenvalue weighted by molar-refractivity contribution is 7.22. The molecule has 0 saturated carbocycles. The molecule has 5 rings (SSSR count). The third-order valence-electron chi connectivity index (χ3n) is 5.97. The molecule has 182 valence electrons. The van der Waals surface area contributed by atoms with Gasteiger partial charge < -0.3 is 9.84 Å². The number of hydrogen-bond donors (Lipinski definition) is 1. The first-order chi connectivity index (χ1) is 17.4. The molecule has 0 aliphatic carbocycles. The fourth-order valence-corrected chi connectivity index (χ4v) is 5.41. The van der Waals surface area contributed by atoms with E-state index in [1.807, 2.05) is 32.0 Å². The average Bonchev–Trinajstić information content (AvgIpc) is 3.40. The molecule has 1 amide bonds. The maximum atomic E-state index is 13.4. The van der Waals surface area contributed by atoms with Crippen LogP contribution < -0.4 is 9.64 Å². The maximum Gasteiger partial charge on any atom is 0.301 e. The van der Waals surface area contributed by atoms with Crippen molar-refractivity contribution in [1.29, 1.82) is 0 Å². The van der Waals surface area contributed by atoms with E-state index in [9.17, 15) is 14.7 Å². The average molecular weight is 519 g/mol. The summed E-state index contributed by atoms with van der Waals surface area (Å²) in [6, 6.07) is 18.7. The van der Waals surface area contributed by atoms with Crippen LogP contribution >= 0.6 is 22.9 Å². The monoisotopic (exact) mass is 518 g/mol. The molecule has 1 atom stereocenters.